The van der Waals surface area contributed by atoms with Crippen molar-refractivity contribution in [3.8, 4) is 0 Å². The summed E-state index contributed by atoms with van der Waals surface area (Å²) in [5.41, 5.74) is 1.01. The van der Waals surface area contributed by atoms with Crippen molar-refractivity contribution < 1.29 is 9.90 Å². The topological polar surface area (TPSA) is 66.0 Å². The van der Waals surface area contributed by atoms with Crippen LogP contribution in [0.1, 0.15) is 24.4 Å². The van der Waals surface area contributed by atoms with E-state index >= 15 is 0 Å². The number of nitrogens with one attached hydrogen (secondary N) is 1. The van der Waals surface area contributed by atoms with E-state index in [1.165, 1.54) is 0 Å². The number of aryl methyl sites for hydroxylation is 2. The van der Waals surface area contributed by atoms with E-state index in [1.54, 1.807) is 6.20 Å². The minimum absolute atomic E-state index is 0.208. The molecule has 0 bridgehead atoms. The molecule has 0 saturated heterocycles. The molecule has 0 aliphatic carbocycles. The van der Waals surface area contributed by atoms with Gasteiger partial charge in [0.05, 0.1) is 0 Å². The molecule has 1 heterocycles. The molecular formula is C8H12N2O2. The van der Waals surface area contributed by atoms with E-state index < -0.39 is 5.97 Å². The van der Waals surface area contributed by atoms with E-state index in [0.29, 0.717) is 12.8 Å². The number of aliphatic carboxylic acids is 1. The number of carbonyl (C=O) groups is 1. The molecule has 0 aliphatic rings. The van der Waals surface area contributed by atoms with Gasteiger partial charge in [-0.05, 0) is 13.3 Å². The third-order valence-electron chi connectivity index (χ3n) is 1.56. The molecule has 0 radical (unpaired) electrons. The Morgan fingerprint density at radius 2 is 2.50 bits per heavy atom. The van der Waals surface area contributed by atoms with E-state index in [-0.39, 0.29) is 6.42 Å². The molecule has 0 aromatic carbocycles. The molecule has 0 saturated carbocycles. The van der Waals surface area contributed by atoms with Crippen molar-refractivity contribution in [1.82, 2.24) is 9.97 Å². The molecule has 1 aromatic rings. The maximum Gasteiger partial charge on any atom is 0.303 e. The van der Waals surface area contributed by atoms with Gasteiger partial charge in [0, 0.05) is 24.7 Å². The fourth-order valence-electron chi connectivity index (χ4n) is 1.00. The predicted octanol–water partition coefficient (Wildman–Crippen LogP) is 1.13. The average Bonchev–Trinajstić information content (AvgIpc) is 2.35. The zero-order chi connectivity index (χ0) is 8.97. The van der Waals surface area contributed by atoms with Gasteiger partial charge in [0.15, 0.2) is 0 Å². The molecule has 0 unspecified atom stereocenters. The number of H-pyrrole nitrogens is 1. The molecular weight excluding hydrogens is 156 g/mol. The van der Waals surface area contributed by atoms with Gasteiger partial charge in [-0.2, -0.15) is 0 Å². The van der Waals surface area contributed by atoms with Gasteiger partial charge >= 0.3 is 5.97 Å². The first-order chi connectivity index (χ1) is 5.68. The molecule has 4 nitrogen and oxygen atoms in total. The maximum atomic E-state index is 10.2. The monoisotopic (exact) mass is 168 g/mol. The third-order valence-corrected chi connectivity index (χ3v) is 1.56. The lowest BCUT2D eigenvalue weighted by atomic mass is 10.2. The molecule has 66 valence electrons. The first-order valence-electron chi connectivity index (χ1n) is 3.91. The van der Waals surface area contributed by atoms with E-state index in [9.17, 15) is 4.79 Å². The second-order valence-electron chi connectivity index (χ2n) is 2.76. The van der Waals surface area contributed by atoms with Crippen molar-refractivity contribution in [3.05, 3.63) is 17.7 Å². The molecule has 0 atom stereocenters. The standard InChI is InChI=1S/C8H12N2O2/c1-6-5-9-7(10-6)3-2-4-8(11)12/h5H,2-4H2,1H3,(H,9,10)(H,11,12). The normalized spacial score (nSPS) is 10.1. The second kappa shape index (κ2) is 3.90. The van der Waals surface area contributed by atoms with Gasteiger partial charge in [-0.1, -0.05) is 0 Å². The summed E-state index contributed by atoms with van der Waals surface area (Å²) in [6, 6.07) is 0. The summed E-state index contributed by atoms with van der Waals surface area (Å²) >= 11 is 0. The fourth-order valence-corrected chi connectivity index (χ4v) is 1.00. The molecule has 2 N–H and O–H groups in total. The second-order valence-corrected chi connectivity index (χ2v) is 2.76. The minimum atomic E-state index is -0.752. The van der Waals surface area contributed by atoms with Crippen molar-refractivity contribution >= 4 is 5.97 Å². The van der Waals surface area contributed by atoms with Crippen LogP contribution < -0.4 is 0 Å². The molecule has 4 heteroatoms. The third kappa shape index (κ3) is 2.74. The number of hydrogen-bond donors (Lipinski definition) is 2. The van der Waals surface area contributed by atoms with Crippen molar-refractivity contribution in [1.29, 1.82) is 0 Å². The highest BCUT2D eigenvalue weighted by Crippen LogP contribution is 2.00. The van der Waals surface area contributed by atoms with E-state index in [0.717, 1.165) is 11.5 Å². The Balaban J connectivity index is 2.29. The summed E-state index contributed by atoms with van der Waals surface area (Å²) in [5, 5.41) is 8.37. The van der Waals surface area contributed by atoms with Gasteiger partial charge in [0.2, 0.25) is 0 Å². The van der Waals surface area contributed by atoms with E-state index in [4.69, 9.17) is 5.11 Å². The molecule has 0 fully saturated rings. The Labute approximate surface area is 70.6 Å². The SMILES string of the molecule is Cc1cnc(CCCC(=O)O)[nH]1. The van der Waals surface area contributed by atoms with E-state index in [1.807, 2.05) is 6.92 Å². The number of hydrogen-bond acceptors (Lipinski definition) is 2. The first kappa shape index (κ1) is 8.77. The highest BCUT2D eigenvalue weighted by Gasteiger charge is 2.00. The van der Waals surface area contributed by atoms with Crippen LogP contribution in [-0.2, 0) is 11.2 Å². The van der Waals surface area contributed by atoms with Crippen LogP contribution in [0.5, 0.6) is 0 Å². The van der Waals surface area contributed by atoms with Gasteiger partial charge in [0.25, 0.3) is 0 Å². The lowest BCUT2D eigenvalue weighted by Crippen LogP contribution is -1.96. The summed E-state index contributed by atoms with van der Waals surface area (Å²) in [6.45, 7) is 1.92. The van der Waals surface area contributed by atoms with Crippen molar-refractivity contribution in [2.24, 2.45) is 0 Å². The molecule has 12 heavy (non-hydrogen) atoms. The van der Waals surface area contributed by atoms with Crippen LogP contribution in [0.15, 0.2) is 6.20 Å². The summed E-state index contributed by atoms with van der Waals surface area (Å²) in [6.07, 6.45) is 3.30. The Morgan fingerprint density at radius 1 is 1.75 bits per heavy atom. The van der Waals surface area contributed by atoms with E-state index in [2.05, 4.69) is 9.97 Å². The number of aromatic amines is 1. The van der Waals surface area contributed by atoms with Crippen molar-refractivity contribution in [2.75, 3.05) is 0 Å². The zero-order valence-corrected chi connectivity index (χ0v) is 7.00. The lowest BCUT2D eigenvalue weighted by Gasteiger charge is -1.93. The number of imidazole rings is 1. The van der Waals surface area contributed by atoms with Crippen LogP contribution >= 0.6 is 0 Å². The Bertz CT molecular complexity index is 268. The first-order valence-corrected chi connectivity index (χ1v) is 3.91. The number of rotatable bonds is 4. The number of carboxylic acids is 1. The van der Waals surface area contributed by atoms with Crippen LogP contribution in [-0.4, -0.2) is 21.0 Å². The quantitative estimate of drug-likeness (QED) is 0.708. The summed E-state index contributed by atoms with van der Waals surface area (Å²) < 4.78 is 0. The molecule has 0 spiro atoms. The summed E-state index contributed by atoms with van der Waals surface area (Å²) in [7, 11) is 0. The molecule has 1 rings (SSSR count). The Morgan fingerprint density at radius 3 is 3.00 bits per heavy atom. The van der Waals surface area contributed by atoms with Crippen molar-refractivity contribution in [2.45, 2.75) is 26.2 Å². The van der Waals surface area contributed by atoms with Crippen LogP contribution in [0.4, 0.5) is 0 Å². The Hall–Kier alpha value is -1.32. The van der Waals surface area contributed by atoms with Crippen LogP contribution in [0, 0.1) is 6.92 Å². The zero-order valence-electron chi connectivity index (χ0n) is 7.00. The fraction of sp³-hybridized carbons (Fsp3) is 0.500. The molecule has 0 amide bonds. The minimum Gasteiger partial charge on any atom is -0.481 e. The summed E-state index contributed by atoms with van der Waals surface area (Å²) in [4.78, 5) is 17.3. The number of carboxylic acid groups (broad SMARTS) is 1. The van der Waals surface area contributed by atoms with Gasteiger partial charge in [0.1, 0.15) is 5.82 Å². The maximum absolute atomic E-state index is 10.2. The van der Waals surface area contributed by atoms with Crippen LogP contribution in [0.3, 0.4) is 0 Å². The van der Waals surface area contributed by atoms with Gasteiger partial charge < -0.3 is 10.1 Å². The summed E-state index contributed by atoms with van der Waals surface area (Å²) in [5.74, 6) is 0.118. The van der Waals surface area contributed by atoms with Gasteiger partial charge in [-0.15, -0.1) is 0 Å². The Kier molecular flexibility index (Phi) is 2.85. The number of nitrogens with zero attached hydrogens (tertiary/aromatic N) is 1. The van der Waals surface area contributed by atoms with Crippen LogP contribution in [0.2, 0.25) is 0 Å². The van der Waals surface area contributed by atoms with Gasteiger partial charge in [-0.3, -0.25) is 4.79 Å². The number of aromatic nitrogens is 2. The highest BCUT2D eigenvalue weighted by atomic mass is 16.4. The highest BCUT2D eigenvalue weighted by molar-refractivity contribution is 5.66. The lowest BCUT2D eigenvalue weighted by molar-refractivity contribution is -0.137. The largest absolute Gasteiger partial charge is 0.481 e. The van der Waals surface area contributed by atoms with Crippen molar-refractivity contribution in [3.63, 3.8) is 0 Å². The smallest absolute Gasteiger partial charge is 0.303 e. The molecule has 0 aliphatic heterocycles. The average molecular weight is 168 g/mol. The van der Waals surface area contributed by atoms with Crippen LogP contribution in [0.25, 0.3) is 0 Å². The molecule has 1 aromatic heterocycles. The van der Waals surface area contributed by atoms with Gasteiger partial charge in [-0.25, -0.2) is 4.98 Å². The predicted molar refractivity (Wildman–Crippen MR) is 43.9 cm³/mol.